The third kappa shape index (κ3) is 5.31. The molecule has 0 saturated heterocycles. The first kappa shape index (κ1) is 14.7. The van der Waals surface area contributed by atoms with Gasteiger partial charge in [-0.2, -0.15) is 5.10 Å². The number of aromatic nitrogens is 2. The third-order valence-electron chi connectivity index (χ3n) is 2.92. The second kappa shape index (κ2) is 7.87. The van der Waals surface area contributed by atoms with Crippen molar-refractivity contribution in [1.29, 1.82) is 0 Å². The van der Waals surface area contributed by atoms with Gasteiger partial charge in [-0.15, -0.1) is 0 Å². The minimum atomic E-state index is 0.0698. The van der Waals surface area contributed by atoms with E-state index in [1.54, 1.807) is 0 Å². The van der Waals surface area contributed by atoms with E-state index in [0.29, 0.717) is 12.6 Å². The zero-order valence-corrected chi connectivity index (χ0v) is 11.6. The van der Waals surface area contributed by atoms with Crippen LogP contribution in [-0.4, -0.2) is 34.8 Å². The highest BCUT2D eigenvalue weighted by molar-refractivity contribution is 5.78. The average Bonchev–Trinajstić information content (AvgIpc) is 2.77. The Kier molecular flexibility index (Phi) is 6.43. The van der Waals surface area contributed by atoms with Crippen LogP contribution in [0.3, 0.4) is 0 Å². The van der Waals surface area contributed by atoms with Crippen molar-refractivity contribution in [3.63, 3.8) is 0 Å². The van der Waals surface area contributed by atoms with Gasteiger partial charge in [-0.3, -0.25) is 9.48 Å². The van der Waals surface area contributed by atoms with Gasteiger partial charge in [0.2, 0.25) is 5.91 Å². The molecule has 1 rings (SSSR count). The predicted octanol–water partition coefficient (Wildman–Crippen LogP) is 1.09. The molecule has 0 aliphatic carbocycles. The number of carbonyl (C=O) groups is 1. The van der Waals surface area contributed by atoms with Crippen molar-refractivity contribution in [1.82, 2.24) is 20.4 Å². The summed E-state index contributed by atoms with van der Waals surface area (Å²) >= 11 is 0. The molecule has 2 N–H and O–H groups in total. The van der Waals surface area contributed by atoms with Gasteiger partial charge >= 0.3 is 0 Å². The van der Waals surface area contributed by atoms with E-state index in [4.69, 9.17) is 0 Å². The van der Waals surface area contributed by atoms with Crippen LogP contribution in [0.5, 0.6) is 0 Å². The van der Waals surface area contributed by atoms with Crippen LogP contribution in [0.25, 0.3) is 0 Å². The summed E-state index contributed by atoms with van der Waals surface area (Å²) in [6.45, 7) is 8.09. The molecule has 1 amide bonds. The Morgan fingerprint density at radius 1 is 1.44 bits per heavy atom. The van der Waals surface area contributed by atoms with Crippen molar-refractivity contribution in [2.24, 2.45) is 0 Å². The van der Waals surface area contributed by atoms with Crippen LogP contribution in [0.4, 0.5) is 0 Å². The highest BCUT2D eigenvalue weighted by Crippen LogP contribution is 1.95. The summed E-state index contributed by atoms with van der Waals surface area (Å²) in [5, 5.41) is 10.3. The number of carbonyl (C=O) groups excluding carboxylic acids is 1. The monoisotopic (exact) mass is 252 g/mol. The molecule has 1 aromatic rings. The lowest BCUT2D eigenvalue weighted by molar-refractivity contribution is -0.121. The van der Waals surface area contributed by atoms with Gasteiger partial charge in [0.1, 0.15) is 0 Å². The van der Waals surface area contributed by atoms with Gasteiger partial charge in [0.15, 0.2) is 0 Å². The Morgan fingerprint density at radius 2 is 2.17 bits per heavy atom. The summed E-state index contributed by atoms with van der Waals surface area (Å²) < 4.78 is 1.88. The maximum Gasteiger partial charge on any atom is 0.234 e. The van der Waals surface area contributed by atoms with Gasteiger partial charge in [0, 0.05) is 18.8 Å². The molecule has 0 saturated carbocycles. The van der Waals surface area contributed by atoms with E-state index in [1.165, 1.54) is 0 Å². The van der Waals surface area contributed by atoms with E-state index in [1.807, 2.05) is 24.0 Å². The van der Waals surface area contributed by atoms with E-state index in [2.05, 4.69) is 29.6 Å². The molecule has 0 unspecified atom stereocenters. The molecule has 1 aromatic heterocycles. The van der Waals surface area contributed by atoms with Gasteiger partial charge in [-0.25, -0.2) is 0 Å². The fraction of sp³-hybridized carbons (Fsp3) is 0.692. The molecule has 0 aromatic carbocycles. The Labute approximate surface area is 109 Å². The molecule has 18 heavy (non-hydrogen) atoms. The Morgan fingerprint density at radius 3 is 2.72 bits per heavy atom. The van der Waals surface area contributed by atoms with E-state index < -0.39 is 0 Å². The highest BCUT2D eigenvalue weighted by atomic mass is 16.1. The predicted molar refractivity (Wildman–Crippen MR) is 72.3 cm³/mol. The van der Waals surface area contributed by atoms with Crippen LogP contribution in [-0.2, 0) is 11.3 Å². The minimum Gasteiger partial charge on any atom is -0.352 e. The maximum atomic E-state index is 11.6. The highest BCUT2D eigenvalue weighted by Gasteiger charge is 2.07. The molecule has 1 heterocycles. The van der Waals surface area contributed by atoms with Crippen LogP contribution in [0, 0.1) is 6.92 Å². The van der Waals surface area contributed by atoms with E-state index in [0.717, 1.165) is 31.5 Å². The summed E-state index contributed by atoms with van der Waals surface area (Å²) in [6.07, 6.45) is 5.79. The Balaban J connectivity index is 2.12. The second-order valence-corrected chi connectivity index (χ2v) is 4.54. The van der Waals surface area contributed by atoms with Gasteiger partial charge in [0.05, 0.1) is 19.3 Å². The zero-order chi connectivity index (χ0) is 13.4. The van der Waals surface area contributed by atoms with Crippen LogP contribution in [0.2, 0.25) is 0 Å². The van der Waals surface area contributed by atoms with E-state index in [9.17, 15) is 4.79 Å². The maximum absolute atomic E-state index is 11.6. The topological polar surface area (TPSA) is 59.0 Å². The molecule has 0 aliphatic heterocycles. The van der Waals surface area contributed by atoms with Crippen molar-refractivity contribution in [3.8, 4) is 0 Å². The quantitative estimate of drug-likeness (QED) is 0.681. The number of nitrogens with zero attached hydrogens (tertiary/aromatic N) is 2. The number of amides is 1. The van der Waals surface area contributed by atoms with E-state index >= 15 is 0 Å². The Bertz CT molecular complexity index is 358. The molecule has 0 bridgehead atoms. The summed E-state index contributed by atoms with van der Waals surface area (Å²) in [5.41, 5.74) is 1.15. The van der Waals surface area contributed by atoms with Crippen molar-refractivity contribution < 1.29 is 4.79 Å². The van der Waals surface area contributed by atoms with Crippen LogP contribution in [0.1, 0.15) is 32.3 Å². The first-order valence-corrected chi connectivity index (χ1v) is 6.64. The van der Waals surface area contributed by atoms with E-state index in [-0.39, 0.29) is 5.91 Å². The SMILES string of the molecule is CCC(CC)NC(=O)CNCCn1cc(C)cn1. The zero-order valence-electron chi connectivity index (χ0n) is 11.6. The molecule has 0 radical (unpaired) electrons. The lowest BCUT2D eigenvalue weighted by atomic mass is 10.2. The molecule has 5 nitrogen and oxygen atoms in total. The van der Waals surface area contributed by atoms with Crippen LogP contribution < -0.4 is 10.6 Å². The van der Waals surface area contributed by atoms with Gasteiger partial charge in [-0.05, 0) is 25.3 Å². The standard InChI is InChI=1S/C13H24N4O/c1-4-12(5-2)16-13(18)9-14-6-7-17-10-11(3)8-15-17/h8,10,12,14H,4-7,9H2,1-3H3,(H,16,18). The molecule has 0 atom stereocenters. The number of aryl methyl sites for hydroxylation is 1. The molecular weight excluding hydrogens is 228 g/mol. The summed E-state index contributed by atoms with van der Waals surface area (Å²) in [7, 11) is 0. The molecule has 5 heteroatoms. The van der Waals surface area contributed by atoms with Gasteiger partial charge < -0.3 is 10.6 Å². The Hall–Kier alpha value is -1.36. The normalized spacial score (nSPS) is 10.9. The lowest BCUT2D eigenvalue weighted by Gasteiger charge is -2.14. The van der Waals surface area contributed by atoms with Crippen molar-refractivity contribution in [2.75, 3.05) is 13.1 Å². The fourth-order valence-electron chi connectivity index (χ4n) is 1.76. The molecule has 0 fully saturated rings. The van der Waals surface area contributed by atoms with Crippen molar-refractivity contribution in [3.05, 3.63) is 18.0 Å². The molecule has 102 valence electrons. The van der Waals surface area contributed by atoms with Crippen molar-refractivity contribution >= 4 is 5.91 Å². The number of hydrogen-bond acceptors (Lipinski definition) is 3. The second-order valence-electron chi connectivity index (χ2n) is 4.54. The fourth-order valence-corrected chi connectivity index (χ4v) is 1.76. The smallest absolute Gasteiger partial charge is 0.234 e. The molecular formula is C13H24N4O. The first-order valence-electron chi connectivity index (χ1n) is 6.64. The summed E-state index contributed by atoms with van der Waals surface area (Å²) in [6, 6.07) is 0.299. The lowest BCUT2D eigenvalue weighted by Crippen LogP contribution is -2.40. The third-order valence-corrected chi connectivity index (χ3v) is 2.92. The molecule has 0 spiro atoms. The minimum absolute atomic E-state index is 0.0698. The van der Waals surface area contributed by atoms with Gasteiger partial charge in [0.25, 0.3) is 0 Å². The van der Waals surface area contributed by atoms with Gasteiger partial charge in [-0.1, -0.05) is 13.8 Å². The van der Waals surface area contributed by atoms with Crippen LogP contribution >= 0.6 is 0 Å². The summed E-state index contributed by atoms with van der Waals surface area (Å²) in [5.74, 6) is 0.0698. The number of hydrogen-bond donors (Lipinski definition) is 2. The van der Waals surface area contributed by atoms with Crippen molar-refractivity contribution in [2.45, 2.75) is 46.2 Å². The largest absolute Gasteiger partial charge is 0.352 e. The molecule has 0 aliphatic rings. The first-order chi connectivity index (χ1) is 8.65. The number of nitrogens with one attached hydrogen (secondary N) is 2. The summed E-state index contributed by atoms with van der Waals surface area (Å²) in [4.78, 5) is 11.6. The van der Waals surface area contributed by atoms with Crippen LogP contribution in [0.15, 0.2) is 12.4 Å². The average molecular weight is 252 g/mol. The number of rotatable bonds is 8.